The number of nitrogens with zero attached hydrogens (tertiary/aromatic N) is 5. The van der Waals surface area contributed by atoms with E-state index in [2.05, 4.69) is 30.6 Å². The van der Waals surface area contributed by atoms with Gasteiger partial charge in [-0.2, -0.15) is 5.10 Å². The van der Waals surface area contributed by atoms with Gasteiger partial charge in [0, 0.05) is 13.1 Å². The van der Waals surface area contributed by atoms with Crippen LogP contribution in [0.2, 0.25) is 0 Å². The number of aromatic nitrogens is 4. The minimum atomic E-state index is -0.253. The smallest absolute Gasteiger partial charge is 0.320 e. The average Bonchev–Trinajstić information content (AvgIpc) is 3.21. The van der Waals surface area contributed by atoms with Gasteiger partial charge in [-0.1, -0.05) is 6.92 Å². The molecule has 0 saturated carbocycles. The molecule has 1 aliphatic heterocycles. The second-order valence-corrected chi connectivity index (χ2v) is 5.76. The molecule has 2 aromatic heterocycles. The van der Waals surface area contributed by atoms with Crippen molar-refractivity contribution in [2.24, 2.45) is 0 Å². The number of carbonyl (C=O) groups excluding carboxylic acids is 1. The summed E-state index contributed by atoms with van der Waals surface area (Å²) in [7, 11) is 0. The van der Waals surface area contributed by atoms with Crippen molar-refractivity contribution in [3.05, 3.63) is 12.5 Å². The highest BCUT2D eigenvalue weighted by Gasteiger charge is 2.14. The number of rotatable bonds is 6. The van der Waals surface area contributed by atoms with Gasteiger partial charge in [0.05, 0.1) is 18.1 Å². The molecular weight excluding hydrogens is 294 g/mol. The van der Waals surface area contributed by atoms with Crippen LogP contribution in [0.5, 0.6) is 0 Å². The van der Waals surface area contributed by atoms with Gasteiger partial charge in [0.15, 0.2) is 5.65 Å². The summed E-state index contributed by atoms with van der Waals surface area (Å²) < 4.78 is 1.88. The second kappa shape index (κ2) is 7.36. The molecule has 0 atom stereocenters. The van der Waals surface area contributed by atoms with E-state index in [1.807, 2.05) is 11.6 Å². The van der Waals surface area contributed by atoms with Crippen LogP contribution < -0.4 is 10.6 Å². The maximum atomic E-state index is 11.8. The SMILES string of the molecule is CCCNC(=O)Nc1ncnc2c1cnn2CCN1CCCC1. The third kappa shape index (κ3) is 3.76. The fourth-order valence-corrected chi connectivity index (χ4v) is 2.79. The maximum absolute atomic E-state index is 11.8. The largest absolute Gasteiger partial charge is 0.338 e. The van der Waals surface area contributed by atoms with Crippen molar-refractivity contribution in [1.82, 2.24) is 30.0 Å². The number of fused-ring (bicyclic) bond motifs is 1. The van der Waals surface area contributed by atoms with Crippen molar-refractivity contribution in [3.8, 4) is 0 Å². The lowest BCUT2D eigenvalue weighted by Gasteiger charge is -2.14. The monoisotopic (exact) mass is 317 g/mol. The summed E-state index contributed by atoms with van der Waals surface area (Å²) in [6.07, 6.45) is 6.63. The molecule has 0 aliphatic carbocycles. The van der Waals surface area contributed by atoms with E-state index in [4.69, 9.17) is 0 Å². The zero-order chi connectivity index (χ0) is 16.1. The summed E-state index contributed by atoms with van der Waals surface area (Å²) in [5.41, 5.74) is 0.755. The molecule has 2 N–H and O–H groups in total. The highest BCUT2D eigenvalue weighted by molar-refractivity contribution is 5.97. The van der Waals surface area contributed by atoms with Gasteiger partial charge in [0.2, 0.25) is 0 Å². The van der Waals surface area contributed by atoms with Gasteiger partial charge in [-0.05, 0) is 32.4 Å². The van der Waals surface area contributed by atoms with Gasteiger partial charge in [-0.15, -0.1) is 0 Å². The van der Waals surface area contributed by atoms with Gasteiger partial charge in [0.25, 0.3) is 0 Å². The molecular formula is C15H23N7O. The van der Waals surface area contributed by atoms with Crippen LogP contribution in [0.15, 0.2) is 12.5 Å². The summed E-state index contributed by atoms with van der Waals surface area (Å²) in [5.74, 6) is 0.496. The van der Waals surface area contributed by atoms with Crippen LogP contribution in [0.4, 0.5) is 10.6 Å². The normalized spacial score (nSPS) is 15.2. The first-order valence-electron chi connectivity index (χ1n) is 8.21. The van der Waals surface area contributed by atoms with E-state index in [9.17, 15) is 4.79 Å². The topological polar surface area (TPSA) is 88.0 Å². The van der Waals surface area contributed by atoms with Crippen LogP contribution in [0.3, 0.4) is 0 Å². The fourth-order valence-electron chi connectivity index (χ4n) is 2.79. The van der Waals surface area contributed by atoms with Crippen LogP contribution in [0.1, 0.15) is 26.2 Å². The first-order chi connectivity index (χ1) is 11.3. The maximum Gasteiger partial charge on any atom is 0.320 e. The molecule has 3 heterocycles. The van der Waals surface area contributed by atoms with Crippen LogP contribution in [-0.2, 0) is 6.54 Å². The third-order valence-corrected chi connectivity index (χ3v) is 4.03. The van der Waals surface area contributed by atoms with Gasteiger partial charge >= 0.3 is 6.03 Å². The molecule has 0 unspecified atom stereocenters. The van der Waals surface area contributed by atoms with Gasteiger partial charge in [-0.25, -0.2) is 19.4 Å². The predicted octanol–water partition coefficient (Wildman–Crippen LogP) is 1.45. The predicted molar refractivity (Wildman–Crippen MR) is 88.3 cm³/mol. The summed E-state index contributed by atoms with van der Waals surface area (Å²) in [6.45, 7) is 6.74. The molecule has 8 heteroatoms. The van der Waals surface area contributed by atoms with E-state index >= 15 is 0 Å². The Bertz CT molecular complexity index is 663. The molecule has 1 aliphatic rings. The Morgan fingerprint density at radius 2 is 2.09 bits per heavy atom. The van der Waals surface area contributed by atoms with Crippen molar-refractivity contribution in [1.29, 1.82) is 0 Å². The van der Waals surface area contributed by atoms with Crippen LogP contribution in [-0.4, -0.2) is 56.9 Å². The molecule has 2 aromatic rings. The highest BCUT2D eigenvalue weighted by Crippen LogP contribution is 2.18. The first-order valence-corrected chi connectivity index (χ1v) is 8.21. The number of hydrogen-bond acceptors (Lipinski definition) is 5. The number of nitrogens with one attached hydrogen (secondary N) is 2. The Hall–Kier alpha value is -2.22. The molecule has 124 valence electrons. The van der Waals surface area contributed by atoms with Crippen molar-refractivity contribution < 1.29 is 4.79 Å². The molecule has 0 aromatic carbocycles. The van der Waals surface area contributed by atoms with E-state index in [0.717, 1.165) is 30.5 Å². The van der Waals surface area contributed by atoms with Crippen LogP contribution >= 0.6 is 0 Å². The molecule has 0 spiro atoms. The van der Waals surface area contributed by atoms with Crippen molar-refractivity contribution in [2.75, 3.05) is 31.5 Å². The number of anilines is 1. The summed E-state index contributed by atoms with van der Waals surface area (Å²) in [6, 6.07) is -0.253. The molecule has 0 bridgehead atoms. The number of amides is 2. The standard InChI is InChI=1S/C15H23N7O/c1-2-5-16-15(23)20-13-12-10-19-22(14(12)18-11-17-13)9-8-21-6-3-4-7-21/h10-11H,2-9H2,1H3,(H2,16,17,18,20,23). The Balaban J connectivity index is 1.70. The summed E-state index contributed by atoms with van der Waals surface area (Å²) in [4.78, 5) is 22.7. The summed E-state index contributed by atoms with van der Waals surface area (Å²) >= 11 is 0. The lowest BCUT2D eigenvalue weighted by molar-refractivity contribution is 0.252. The molecule has 0 radical (unpaired) electrons. The zero-order valence-electron chi connectivity index (χ0n) is 13.5. The fraction of sp³-hybridized carbons (Fsp3) is 0.600. The van der Waals surface area contributed by atoms with Crippen LogP contribution in [0.25, 0.3) is 11.0 Å². The van der Waals surface area contributed by atoms with E-state index in [0.29, 0.717) is 12.4 Å². The van der Waals surface area contributed by atoms with E-state index in [-0.39, 0.29) is 6.03 Å². The van der Waals surface area contributed by atoms with Crippen molar-refractivity contribution in [3.63, 3.8) is 0 Å². The quantitative estimate of drug-likeness (QED) is 0.842. The van der Waals surface area contributed by atoms with E-state index in [1.165, 1.54) is 32.3 Å². The lowest BCUT2D eigenvalue weighted by atomic mass is 10.4. The number of hydrogen-bond donors (Lipinski definition) is 2. The summed E-state index contributed by atoms with van der Waals surface area (Å²) in [5, 5.41) is 10.7. The van der Waals surface area contributed by atoms with Crippen molar-refractivity contribution in [2.45, 2.75) is 32.7 Å². The highest BCUT2D eigenvalue weighted by atomic mass is 16.2. The van der Waals surface area contributed by atoms with Crippen LogP contribution in [0, 0.1) is 0 Å². The van der Waals surface area contributed by atoms with Crippen molar-refractivity contribution >= 4 is 22.9 Å². The first kappa shape index (κ1) is 15.7. The molecule has 1 fully saturated rings. The van der Waals surface area contributed by atoms with Gasteiger partial charge in [-0.3, -0.25) is 5.32 Å². The molecule has 2 amide bonds. The Kier molecular flexibility index (Phi) is 5.02. The molecule has 1 saturated heterocycles. The Labute approximate surface area is 135 Å². The average molecular weight is 317 g/mol. The number of likely N-dealkylation sites (tertiary alicyclic amines) is 1. The van der Waals surface area contributed by atoms with Gasteiger partial charge in [0.1, 0.15) is 12.1 Å². The third-order valence-electron chi connectivity index (χ3n) is 4.03. The number of urea groups is 1. The molecule has 23 heavy (non-hydrogen) atoms. The second-order valence-electron chi connectivity index (χ2n) is 5.76. The minimum Gasteiger partial charge on any atom is -0.338 e. The zero-order valence-corrected chi connectivity index (χ0v) is 13.5. The molecule has 8 nitrogen and oxygen atoms in total. The Morgan fingerprint density at radius 3 is 2.87 bits per heavy atom. The number of carbonyl (C=O) groups is 1. The van der Waals surface area contributed by atoms with Gasteiger partial charge < -0.3 is 10.2 Å². The lowest BCUT2D eigenvalue weighted by Crippen LogP contribution is -2.29. The minimum absolute atomic E-state index is 0.253. The van der Waals surface area contributed by atoms with E-state index in [1.54, 1.807) is 6.20 Å². The molecule has 3 rings (SSSR count). The Morgan fingerprint density at radius 1 is 1.26 bits per heavy atom. The van der Waals surface area contributed by atoms with E-state index < -0.39 is 0 Å².